The van der Waals surface area contributed by atoms with E-state index in [-0.39, 0.29) is 6.23 Å². The van der Waals surface area contributed by atoms with Gasteiger partial charge in [0.2, 0.25) is 0 Å². The molecular formula is C21H21N5O2. The van der Waals surface area contributed by atoms with Gasteiger partial charge < -0.3 is 9.47 Å². The monoisotopic (exact) mass is 375 g/mol. The normalized spacial score (nSPS) is 16.8. The van der Waals surface area contributed by atoms with E-state index >= 15 is 0 Å². The smallest absolute Gasteiger partial charge is 0.157 e. The first-order valence-electron chi connectivity index (χ1n) is 9.13. The molecule has 0 aliphatic carbocycles. The Balaban J connectivity index is 1.45. The van der Waals surface area contributed by atoms with Crippen molar-refractivity contribution in [2.75, 3.05) is 20.3 Å². The van der Waals surface area contributed by atoms with E-state index in [0.29, 0.717) is 18.7 Å². The first kappa shape index (κ1) is 18.2. The average molecular weight is 375 g/mol. The van der Waals surface area contributed by atoms with Crippen LogP contribution in [0.25, 0.3) is 0 Å². The topological polar surface area (TPSA) is 76.2 Å². The predicted octanol–water partition coefficient (Wildman–Crippen LogP) is 2.74. The van der Waals surface area contributed by atoms with Crippen molar-refractivity contribution >= 4 is 0 Å². The summed E-state index contributed by atoms with van der Waals surface area (Å²) in [6.07, 6.45) is 1.71. The van der Waals surface area contributed by atoms with E-state index in [0.717, 1.165) is 30.1 Å². The summed E-state index contributed by atoms with van der Waals surface area (Å²) in [7, 11) is 1.67. The summed E-state index contributed by atoms with van der Waals surface area (Å²) >= 11 is 0. The van der Waals surface area contributed by atoms with Crippen LogP contribution in [0.1, 0.15) is 28.6 Å². The van der Waals surface area contributed by atoms with Gasteiger partial charge in [0, 0.05) is 13.1 Å². The van der Waals surface area contributed by atoms with E-state index in [4.69, 9.17) is 14.7 Å². The number of aromatic nitrogens is 3. The summed E-state index contributed by atoms with van der Waals surface area (Å²) in [6, 6.07) is 17.7. The molecule has 1 saturated heterocycles. The van der Waals surface area contributed by atoms with Crippen LogP contribution in [0.2, 0.25) is 0 Å². The van der Waals surface area contributed by atoms with Crippen molar-refractivity contribution in [2.45, 2.75) is 19.3 Å². The first-order chi connectivity index (χ1) is 13.7. The molecule has 1 atom stereocenters. The SMILES string of the molecule is COc1ccc(CN2CCO[C@@H]2c2cn(Cc3cccc(C#N)c3)nn2)cc1. The molecule has 4 rings (SSSR count). The van der Waals surface area contributed by atoms with E-state index in [1.165, 1.54) is 5.56 Å². The fourth-order valence-corrected chi connectivity index (χ4v) is 3.33. The lowest BCUT2D eigenvalue weighted by Crippen LogP contribution is -2.23. The van der Waals surface area contributed by atoms with Crippen LogP contribution in [0.15, 0.2) is 54.7 Å². The number of nitriles is 1. The lowest BCUT2D eigenvalue weighted by Gasteiger charge is -2.21. The minimum atomic E-state index is -0.207. The Kier molecular flexibility index (Phi) is 5.33. The highest BCUT2D eigenvalue weighted by Crippen LogP contribution is 2.27. The Morgan fingerprint density at radius 1 is 1.18 bits per heavy atom. The van der Waals surface area contributed by atoms with E-state index in [1.54, 1.807) is 17.9 Å². The summed E-state index contributed by atoms with van der Waals surface area (Å²) in [5, 5.41) is 17.6. The molecule has 1 aromatic heterocycles. The number of hydrogen-bond donors (Lipinski definition) is 0. The van der Waals surface area contributed by atoms with Gasteiger partial charge in [-0.3, -0.25) is 4.90 Å². The molecule has 2 heterocycles. The fourth-order valence-electron chi connectivity index (χ4n) is 3.33. The summed E-state index contributed by atoms with van der Waals surface area (Å²) in [4.78, 5) is 2.24. The van der Waals surface area contributed by atoms with Crippen LogP contribution >= 0.6 is 0 Å². The number of methoxy groups -OCH3 is 1. The number of rotatable bonds is 6. The summed E-state index contributed by atoms with van der Waals surface area (Å²) in [6.45, 7) is 2.84. The third kappa shape index (κ3) is 4.03. The van der Waals surface area contributed by atoms with Crippen molar-refractivity contribution in [3.63, 3.8) is 0 Å². The van der Waals surface area contributed by atoms with Crippen LogP contribution < -0.4 is 4.74 Å². The van der Waals surface area contributed by atoms with Gasteiger partial charge in [-0.15, -0.1) is 5.10 Å². The molecule has 1 aliphatic rings. The van der Waals surface area contributed by atoms with Crippen LogP contribution in [0.3, 0.4) is 0 Å². The van der Waals surface area contributed by atoms with Gasteiger partial charge in [-0.1, -0.05) is 29.5 Å². The van der Waals surface area contributed by atoms with Crippen molar-refractivity contribution in [1.82, 2.24) is 19.9 Å². The molecule has 28 heavy (non-hydrogen) atoms. The lowest BCUT2D eigenvalue weighted by atomic mass is 10.1. The van der Waals surface area contributed by atoms with Crippen LogP contribution in [0.4, 0.5) is 0 Å². The third-order valence-corrected chi connectivity index (χ3v) is 4.74. The third-order valence-electron chi connectivity index (χ3n) is 4.74. The Bertz CT molecular complexity index is 977. The highest BCUT2D eigenvalue weighted by Gasteiger charge is 2.29. The second kappa shape index (κ2) is 8.21. The molecule has 0 N–H and O–H groups in total. The Hall–Kier alpha value is -3.21. The van der Waals surface area contributed by atoms with Crippen LogP contribution in [-0.2, 0) is 17.8 Å². The van der Waals surface area contributed by atoms with E-state index in [9.17, 15) is 0 Å². The summed E-state index contributed by atoms with van der Waals surface area (Å²) < 4.78 is 12.9. The van der Waals surface area contributed by atoms with Gasteiger partial charge in [-0.2, -0.15) is 5.26 Å². The number of nitrogens with zero attached hydrogens (tertiary/aromatic N) is 5. The zero-order valence-electron chi connectivity index (χ0n) is 15.7. The molecule has 7 nitrogen and oxygen atoms in total. The van der Waals surface area contributed by atoms with Gasteiger partial charge in [0.25, 0.3) is 0 Å². The van der Waals surface area contributed by atoms with Gasteiger partial charge in [0.1, 0.15) is 11.4 Å². The van der Waals surface area contributed by atoms with Gasteiger partial charge in [-0.25, -0.2) is 4.68 Å². The van der Waals surface area contributed by atoms with Crippen molar-refractivity contribution in [3.8, 4) is 11.8 Å². The minimum absolute atomic E-state index is 0.207. The van der Waals surface area contributed by atoms with Crippen LogP contribution in [0.5, 0.6) is 5.75 Å². The standard InChI is InChI=1S/C21H21N5O2/c1-27-19-7-5-16(6-8-19)13-25-9-10-28-21(25)20-15-26(24-23-20)14-18-4-2-3-17(11-18)12-22/h2-8,11,15,21H,9-10,13-14H2,1H3/t21-/m1/s1. The molecule has 0 spiro atoms. The maximum atomic E-state index is 9.04. The molecular weight excluding hydrogens is 354 g/mol. The highest BCUT2D eigenvalue weighted by atomic mass is 16.5. The van der Waals surface area contributed by atoms with Gasteiger partial charge in [-0.05, 0) is 35.4 Å². The fraction of sp³-hybridized carbons (Fsp3) is 0.286. The van der Waals surface area contributed by atoms with E-state index < -0.39 is 0 Å². The van der Waals surface area contributed by atoms with Crippen LogP contribution in [-0.4, -0.2) is 40.2 Å². The first-order valence-corrected chi connectivity index (χ1v) is 9.13. The molecule has 2 aromatic carbocycles. The molecule has 3 aromatic rings. The molecule has 0 unspecified atom stereocenters. The Morgan fingerprint density at radius 2 is 2.04 bits per heavy atom. The van der Waals surface area contributed by atoms with Crippen molar-refractivity contribution in [3.05, 3.63) is 77.1 Å². The van der Waals surface area contributed by atoms with Gasteiger partial charge in [0.15, 0.2) is 6.23 Å². The van der Waals surface area contributed by atoms with Crippen molar-refractivity contribution < 1.29 is 9.47 Å². The van der Waals surface area contributed by atoms with Crippen molar-refractivity contribution in [1.29, 1.82) is 5.26 Å². The second-order valence-electron chi connectivity index (χ2n) is 6.69. The Labute approximate surface area is 163 Å². The maximum absolute atomic E-state index is 9.04. The van der Waals surface area contributed by atoms with Crippen LogP contribution in [0, 0.1) is 11.3 Å². The van der Waals surface area contributed by atoms with Gasteiger partial charge in [0.05, 0.1) is 38.1 Å². The zero-order valence-corrected chi connectivity index (χ0v) is 15.7. The molecule has 1 aliphatic heterocycles. The van der Waals surface area contributed by atoms with Crippen molar-refractivity contribution in [2.24, 2.45) is 0 Å². The molecule has 142 valence electrons. The number of hydrogen-bond acceptors (Lipinski definition) is 6. The molecule has 0 saturated carbocycles. The van der Waals surface area contributed by atoms with E-state index in [1.807, 2.05) is 36.5 Å². The molecule has 0 radical (unpaired) electrons. The Morgan fingerprint density at radius 3 is 2.82 bits per heavy atom. The zero-order chi connectivity index (χ0) is 19.3. The van der Waals surface area contributed by atoms with Gasteiger partial charge >= 0.3 is 0 Å². The maximum Gasteiger partial charge on any atom is 0.157 e. The summed E-state index contributed by atoms with van der Waals surface area (Å²) in [5.74, 6) is 0.849. The molecule has 0 amide bonds. The minimum Gasteiger partial charge on any atom is -0.497 e. The number of ether oxygens (including phenoxy) is 2. The lowest BCUT2D eigenvalue weighted by molar-refractivity contribution is 0.0252. The number of benzene rings is 2. The quantitative estimate of drug-likeness (QED) is 0.659. The summed E-state index contributed by atoms with van der Waals surface area (Å²) in [5.41, 5.74) is 3.64. The molecule has 7 heteroatoms. The van der Waals surface area contributed by atoms with E-state index in [2.05, 4.69) is 33.4 Å². The average Bonchev–Trinajstić information content (AvgIpc) is 3.38. The highest BCUT2D eigenvalue weighted by molar-refractivity contribution is 5.32. The predicted molar refractivity (Wildman–Crippen MR) is 102 cm³/mol. The molecule has 1 fully saturated rings. The molecule has 0 bridgehead atoms. The second-order valence-corrected chi connectivity index (χ2v) is 6.69. The largest absolute Gasteiger partial charge is 0.497 e.